The van der Waals surface area contributed by atoms with Gasteiger partial charge in [-0.25, -0.2) is 12.8 Å². The van der Waals surface area contributed by atoms with Crippen molar-refractivity contribution in [1.29, 1.82) is 0 Å². The van der Waals surface area contributed by atoms with Crippen LogP contribution in [0.15, 0.2) is 42.5 Å². The molecule has 0 spiro atoms. The minimum atomic E-state index is -3.36. The van der Waals surface area contributed by atoms with Crippen LogP contribution >= 0.6 is 11.6 Å². The summed E-state index contributed by atoms with van der Waals surface area (Å²) in [6.45, 7) is 0. The molecular weight excluding hydrogens is 343 g/mol. The zero-order chi connectivity index (χ0) is 17.0. The Labute approximate surface area is 138 Å². The molecule has 1 amide bonds. The van der Waals surface area contributed by atoms with E-state index in [0.717, 1.165) is 6.26 Å². The minimum absolute atomic E-state index is 0.127. The Morgan fingerprint density at radius 2 is 1.74 bits per heavy atom. The fourth-order valence-corrected chi connectivity index (χ4v) is 2.70. The number of carbonyl (C=O) groups is 1. The fraction of sp³-hybridized carbons (Fsp3) is 0.133. The van der Waals surface area contributed by atoms with Crippen molar-refractivity contribution in [2.24, 2.45) is 0 Å². The molecule has 0 saturated heterocycles. The van der Waals surface area contributed by atoms with Crippen LogP contribution in [0.2, 0.25) is 5.02 Å². The maximum absolute atomic E-state index is 13.6. The van der Waals surface area contributed by atoms with Gasteiger partial charge in [0.2, 0.25) is 15.9 Å². The maximum atomic E-state index is 13.6. The topological polar surface area (TPSA) is 75.3 Å². The highest BCUT2D eigenvalue weighted by atomic mass is 35.5. The van der Waals surface area contributed by atoms with Crippen molar-refractivity contribution in [3.8, 4) is 0 Å². The van der Waals surface area contributed by atoms with Crippen LogP contribution in [0.4, 0.5) is 15.8 Å². The number of hydrogen-bond acceptors (Lipinski definition) is 3. The van der Waals surface area contributed by atoms with Crippen LogP contribution in [0.1, 0.15) is 5.56 Å². The Morgan fingerprint density at radius 1 is 1.13 bits per heavy atom. The first-order valence-corrected chi connectivity index (χ1v) is 8.82. The Hall–Kier alpha value is -2.12. The second kappa shape index (κ2) is 6.97. The van der Waals surface area contributed by atoms with Crippen LogP contribution in [-0.4, -0.2) is 20.6 Å². The molecule has 5 nitrogen and oxygen atoms in total. The Morgan fingerprint density at radius 3 is 2.30 bits per heavy atom. The molecule has 8 heteroatoms. The van der Waals surface area contributed by atoms with Crippen LogP contribution < -0.4 is 10.0 Å². The van der Waals surface area contributed by atoms with Gasteiger partial charge in [-0.3, -0.25) is 9.52 Å². The lowest BCUT2D eigenvalue weighted by atomic mass is 10.1. The third kappa shape index (κ3) is 5.22. The number of benzene rings is 2. The molecule has 0 radical (unpaired) electrons. The van der Waals surface area contributed by atoms with E-state index in [9.17, 15) is 17.6 Å². The van der Waals surface area contributed by atoms with Gasteiger partial charge in [0.15, 0.2) is 0 Å². The summed E-state index contributed by atoms with van der Waals surface area (Å²) in [5.41, 5.74) is 0.964. The highest BCUT2D eigenvalue weighted by Crippen LogP contribution is 2.20. The quantitative estimate of drug-likeness (QED) is 0.864. The molecule has 0 fully saturated rings. The number of nitrogens with one attached hydrogen (secondary N) is 2. The van der Waals surface area contributed by atoms with Crippen LogP contribution in [-0.2, 0) is 21.2 Å². The number of rotatable bonds is 5. The normalized spacial score (nSPS) is 11.1. The summed E-state index contributed by atoms with van der Waals surface area (Å²) in [5, 5.41) is 2.78. The molecule has 0 atom stereocenters. The number of hydrogen-bond donors (Lipinski definition) is 2. The van der Waals surface area contributed by atoms with Crippen LogP contribution in [0, 0.1) is 5.82 Å². The molecule has 2 aromatic rings. The first kappa shape index (κ1) is 17.2. The standard InChI is InChI=1S/C15H14ClFN2O3S/c1-23(21,22)19-11-7-5-10(6-8-11)18-15(20)9-12-13(16)3-2-4-14(12)17/h2-8,19H,9H2,1H3,(H,18,20). The Kier molecular flexibility index (Phi) is 5.23. The summed E-state index contributed by atoms with van der Waals surface area (Å²) in [6.07, 6.45) is 0.843. The summed E-state index contributed by atoms with van der Waals surface area (Å²) in [4.78, 5) is 12.0. The summed E-state index contributed by atoms with van der Waals surface area (Å²) < 4.78 is 38.1. The molecule has 23 heavy (non-hydrogen) atoms. The molecule has 2 aromatic carbocycles. The average Bonchev–Trinajstić information content (AvgIpc) is 2.44. The van der Waals surface area contributed by atoms with E-state index in [4.69, 9.17) is 11.6 Å². The summed E-state index contributed by atoms with van der Waals surface area (Å²) in [7, 11) is -3.36. The lowest BCUT2D eigenvalue weighted by Crippen LogP contribution is -2.15. The number of amides is 1. The molecule has 0 heterocycles. The predicted molar refractivity (Wildman–Crippen MR) is 88.7 cm³/mol. The zero-order valence-corrected chi connectivity index (χ0v) is 13.7. The van der Waals surface area contributed by atoms with Gasteiger partial charge in [-0.2, -0.15) is 0 Å². The Bertz CT molecular complexity index is 803. The number of sulfonamides is 1. The molecule has 0 unspecified atom stereocenters. The van der Waals surface area contributed by atoms with E-state index < -0.39 is 21.7 Å². The van der Waals surface area contributed by atoms with Crippen molar-refractivity contribution in [2.75, 3.05) is 16.3 Å². The fourth-order valence-electron chi connectivity index (χ4n) is 1.90. The van der Waals surface area contributed by atoms with Gasteiger partial charge in [-0.15, -0.1) is 0 Å². The number of halogens is 2. The second-order valence-corrected chi connectivity index (χ2v) is 7.03. The van der Waals surface area contributed by atoms with E-state index in [1.165, 1.54) is 42.5 Å². The number of carbonyl (C=O) groups excluding carboxylic acids is 1. The van der Waals surface area contributed by atoms with E-state index in [0.29, 0.717) is 11.4 Å². The van der Waals surface area contributed by atoms with Crippen LogP contribution in [0.3, 0.4) is 0 Å². The van der Waals surface area contributed by atoms with Crippen molar-refractivity contribution < 1.29 is 17.6 Å². The summed E-state index contributed by atoms with van der Waals surface area (Å²) in [6, 6.07) is 10.3. The molecule has 0 aliphatic carbocycles. The lowest BCUT2D eigenvalue weighted by Gasteiger charge is -2.09. The number of anilines is 2. The van der Waals surface area contributed by atoms with Crippen LogP contribution in [0.5, 0.6) is 0 Å². The van der Waals surface area contributed by atoms with E-state index >= 15 is 0 Å². The highest BCUT2D eigenvalue weighted by molar-refractivity contribution is 7.92. The molecule has 2 N–H and O–H groups in total. The van der Waals surface area contributed by atoms with Crippen molar-refractivity contribution in [3.63, 3.8) is 0 Å². The SMILES string of the molecule is CS(=O)(=O)Nc1ccc(NC(=O)Cc2c(F)cccc2Cl)cc1. The predicted octanol–water partition coefficient (Wildman–Crippen LogP) is 3.03. The van der Waals surface area contributed by atoms with Gasteiger partial charge in [-0.05, 0) is 36.4 Å². The highest BCUT2D eigenvalue weighted by Gasteiger charge is 2.12. The zero-order valence-electron chi connectivity index (χ0n) is 12.1. The van der Waals surface area contributed by atoms with Crippen molar-refractivity contribution in [2.45, 2.75) is 6.42 Å². The van der Waals surface area contributed by atoms with Gasteiger partial charge in [0.05, 0.1) is 12.7 Å². The molecule has 2 rings (SSSR count). The third-order valence-electron chi connectivity index (χ3n) is 2.87. The molecule has 0 aliphatic rings. The molecule has 0 bridgehead atoms. The van der Waals surface area contributed by atoms with E-state index in [1.807, 2.05) is 0 Å². The van der Waals surface area contributed by atoms with Gasteiger partial charge in [0, 0.05) is 22.0 Å². The van der Waals surface area contributed by atoms with E-state index in [2.05, 4.69) is 10.0 Å². The van der Waals surface area contributed by atoms with Gasteiger partial charge >= 0.3 is 0 Å². The van der Waals surface area contributed by atoms with Crippen molar-refractivity contribution in [1.82, 2.24) is 0 Å². The van der Waals surface area contributed by atoms with Crippen molar-refractivity contribution >= 4 is 38.9 Å². The van der Waals surface area contributed by atoms with Gasteiger partial charge < -0.3 is 5.32 Å². The summed E-state index contributed by atoms with van der Waals surface area (Å²) >= 11 is 5.87. The Balaban J connectivity index is 2.03. The first-order chi connectivity index (χ1) is 10.7. The molecule has 0 aromatic heterocycles. The molecule has 0 saturated carbocycles. The maximum Gasteiger partial charge on any atom is 0.229 e. The first-order valence-electron chi connectivity index (χ1n) is 6.55. The van der Waals surface area contributed by atoms with E-state index in [-0.39, 0.29) is 17.0 Å². The van der Waals surface area contributed by atoms with E-state index in [1.54, 1.807) is 0 Å². The van der Waals surface area contributed by atoms with Crippen LogP contribution in [0.25, 0.3) is 0 Å². The third-order valence-corrected chi connectivity index (χ3v) is 3.83. The van der Waals surface area contributed by atoms with Gasteiger partial charge in [0.25, 0.3) is 0 Å². The minimum Gasteiger partial charge on any atom is -0.326 e. The molecule has 122 valence electrons. The van der Waals surface area contributed by atoms with Gasteiger partial charge in [-0.1, -0.05) is 17.7 Å². The molecular formula is C15H14ClFN2O3S. The van der Waals surface area contributed by atoms with Crippen molar-refractivity contribution in [3.05, 3.63) is 58.9 Å². The molecule has 0 aliphatic heterocycles. The lowest BCUT2D eigenvalue weighted by molar-refractivity contribution is -0.115. The van der Waals surface area contributed by atoms with Gasteiger partial charge in [0.1, 0.15) is 5.82 Å². The summed E-state index contributed by atoms with van der Waals surface area (Å²) in [5.74, 6) is -0.971. The largest absolute Gasteiger partial charge is 0.326 e. The second-order valence-electron chi connectivity index (χ2n) is 4.88. The monoisotopic (exact) mass is 356 g/mol. The smallest absolute Gasteiger partial charge is 0.229 e. The average molecular weight is 357 g/mol.